The van der Waals surface area contributed by atoms with Gasteiger partial charge in [0.15, 0.2) is 17.2 Å². The number of nitrogens with zero attached hydrogens (tertiary/aromatic N) is 3. The molecule has 7 nitrogen and oxygen atoms in total. The Labute approximate surface area is 161 Å². The van der Waals surface area contributed by atoms with E-state index in [4.69, 9.17) is 9.47 Å². The van der Waals surface area contributed by atoms with Crippen molar-refractivity contribution in [3.8, 4) is 11.5 Å². The summed E-state index contributed by atoms with van der Waals surface area (Å²) in [5, 5.41) is 10.9. The molecule has 0 aliphatic carbocycles. The Morgan fingerprint density at radius 2 is 2.00 bits per heavy atom. The fourth-order valence-electron chi connectivity index (χ4n) is 3.12. The van der Waals surface area contributed by atoms with Gasteiger partial charge in [-0.1, -0.05) is 30.3 Å². The number of halogens is 1. The predicted octanol–water partition coefficient (Wildman–Crippen LogP) is 3.08. The van der Waals surface area contributed by atoms with E-state index in [1.54, 1.807) is 23.0 Å². The van der Waals surface area contributed by atoms with Crippen LogP contribution in [0.25, 0.3) is 0 Å². The van der Waals surface area contributed by atoms with Gasteiger partial charge in [0, 0.05) is 6.54 Å². The third-order valence-electron chi connectivity index (χ3n) is 4.59. The van der Waals surface area contributed by atoms with Crippen LogP contribution < -0.4 is 14.8 Å². The Hall–Kier alpha value is -3.42. The quantitative estimate of drug-likeness (QED) is 0.709. The SMILES string of the molecule is CCC(c1ccc(F)cc1)n1cc(C(=O)NCc2ccc3c(c2)OCO3)nn1. The molecule has 1 aliphatic rings. The molecule has 0 radical (unpaired) electrons. The lowest BCUT2D eigenvalue weighted by Crippen LogP contribution is -2.23. The average Bonchev–Trinajstić information content (AvgIpc) is 3.37. The number of carbonyl (C=O) groups excluding carboxylic acids is 1. The van der Waals surface area contributed by atoms with Crippen molar-refractivity contribution >= 4 is 5.91 Å². The normalized spacial score (nSPS) is 13.4. The maximum atomic E-state index is 13.2. The third-order valence-corrected chi connectivity index (χ3v) is 4.59. The van der Waals surface area contributed by atoms with Gasteiger partial charge in [-0.15, -0.1) is 5.10 Å². The van der Waals surface area contributed by atoms with Crippen LogP contribution in [0.15, 0.2) is 48.7 Å². The first kappa shape index (κ1) is 18.0. The molecule has 1 unspecified atom stereocenters. The second-order valence-electron chi connectivity index (χ2n) is 6.43. The third kappa shape index (κ3) is 3.66. The maximum Gasteiger partial charge on any atom is 0.273 e. The zero-order chi connectivity index (χ0) is 19.5. The number of rotatable bonds is 6. The molecule has 0 saturated heterocycles. The highest BCUT2D eigenvalue weighted by atomic mass is 19.1. The molecule has 2 aromatic carbocycles. The van der Waals surface area contributed by atoms with Crippen molar-refractivity contribution in [3.63, 3.8) is 0 Å². The monoisotopic (exact) mass is 382 g/mol. The minimum absolute atomic E-state index is 0.122. The fraction of sp³-hybridized carbons (Fsp3) is 0.250. The molecule has 1 amide bonds. The fourth-order valence-corrected chi connectivity index (χ4v) is 3.12. The number of fused-ring (bicyclic) bond motifs is 1. The van der Waals surface area contributed by atoms with Crippen molar-refractivity contribution in [1.29, 1.82) is 0 Å². The van der Waals surface area contributed by atoms with Crippen molar-refractivity contribution in [2.75, 3.05) is 6.79 Å². The molecular weight excluding hydrogens is 363 g/mol. The molecule has 0 bridgehead atoms. The van der Waals surface area contributed by atoms with Crippen LogP contribution in [0.1, 0.15) is 41.0 Å². The summed E-state index contributed by atoms with van der Waals surface area (Å²) in [5.74, 6) is 0.755. The number of hydrogen-bond acceptors (Lipinski definition) is 5. The highest BCUT2D eigenvalue weighted by Crippen LogP contribution is 2.32. The van der Waals surface area contributed by atoms with Gasteiger partial charge in [-0.05, 0) is 41.8 Å². The van der Waals surface area contributed by atoms with E-state index in [9.17, 15) is 9.18 Å². The molecule has 4 rings (SSSR count). The highest BCUT2D eigenvalue weighted by Gasteiger charge is 2.18. The molecule has 28 heavy (non-hydrogen) atoms. The van der Waals surface area contributed by atoms with Crippen LogP contribution in [0.5, 0.6) is 11.5 Å². The van der Waals surface area contributed by atoms with Crippen molar-refractivity contribution in [2.24, 2.45) is 0 Å². The van der Waals surface area contributed by atoms with E-state index in [0.29, 0.717) is 18.0 Å². The molecule has 1 atom stereocenters. The standard InChI is InChI=1S/C20H19FN4O3/c1-2-17(14-4-6-15(21)7-5-14)25-11-16(23-24-25)20(26)22-10-13-3-8-18-19(9-13)28-12-27-18/h3-9,11,17H,2,10,12H2,1H3,(H,22,26). The Morgan fingerprint density at radius 1 is 1.21 bits per heavy atom. The van der Waals surface area contributed by atoms with Gasteiger partial charge in [0.25, 0.3) is 5.91 Å². The summed E-state index contributed by atoms with van der Waals surface area (Å²) in [6, 6.07) is 11.6. The molecule has 8 heteroatoms. The highest BCUT2D eigenvalue weighted by molar-refractivity contribution is 5.91. The second-order valence-corrected chi connectivity index (χ2v) is 6.43. The summed E-state index contributed by atoms with van der Waals surface area (Å²) in [6.07, 6.45) is 2.33. The van der Waals surface area contributed by atoms with E-state index in [2.05, 4.69) is 15.6 Å². The summed E-state index contributed by atoms with van der Waals surface area (Å²) in [5.41, 5.74) is 2.02. The van der Waals surface area contributed by atoms with Gasteiger partial charge in [-0.25, -0.2) is 9.07 Å². The zero-order valence-corrected chi connectivity index (χ0v) is 15.3. The van der Waals surface area contributed by atoms with E-state index in [1.807, 2.05) is 25.1 Å². The van der Waals surface area contributed by atoms with Crippen molar-refractivity contribution in [2.45, 2.75) is 25.9 Å². The number of carbonyl (C=O) groups is 1. The smallest absolute Gasteiger partial charge is 0.273 e. The van der Waals surface area contributed by atoms with Gasteiger partial charge in [0.05, 0.1) is 12.2 Å². The number of hydrogen-bond donors (Lipinski definition) is 1. The van der Waals surface area contributed by atoms with Crippen molar-refractivity contribution in [3.05, 3.63) is 71.3 Å². The molecule has 2 heterocycles. The van der Waals surface area contributed by atoms with Crippen LogP contribution in [0.4, 0.5) is 4.39 Å². The van der Waals surface area contributed by atoms with Crippen molar-refractivity contribution in [1.82, 2.24) is 20.3 Å². The minimum atomic E-state index is -0.321. The Bertz CT molecular complexity index is 987. The van der Waals surface area contributed by atoms with Crippen LogP contribution in [0, 0.1) is 5.82 Å². The Balaban J connectivity index is 1.43. The minimum Gasteiger partial charge on any atom is -0.454 e. The van der Waals surface area contributed by atoms with Gasteiger partial charge in [0.2, 0.25) is 6.79 Å². The lowest BCUT2D eigenvalue weighted by molar-refractivity contribution is 0.0945. The Kier molecular flexibility index (Phi) is 4.92. The van der Waals surface area contributed by atoms with Gasteiger partial charge in [-0.2, -0.15) is 0 Å². The molecule has 144 valence electrons. The van der Waals surface area contributed by atoms with E-state index in [0.717, 1.165) is 17.5 Å². The molecule has 0 spiro atoms. The lowest BCUT2D eigenvalue weighted by Gasteiger charge is -2.15. The van der Waals surface area contributed by atoms with E-state index in [-0.39, 0.29) is 30.3 Å². The molecule has 0 fully saturated rings. The molecule has 0 saturated carbocycles. The zero-order valence-electron chi connectivity index (χ0n) is 15.3. The summed E-state index contributed by atoms with van der Waals surface area (Å²) in [7, 11) is 0. The van der Waals surface area contributed by atoms with E-state index >= 15 is 0 Å². The number of aromatic nitrogens is 3. The maximum absolute atomic E-state index is 13.2. The largest absolute Gasteiger partial charge is 0.454 e. The van der Waals surface area contributed by atoms with Crippen molar-refractivity contribution < 1.29 is 18.7 Å². The second kappa shape index (κ2) is 7.67. The van der Waals surface area contributed by atoms with Crippen LogP contribution in [-0.4, -0.2) is 27.7 Å². The van der Waals surface area contributed by atoms with Crippen LogP contribution in [0.3, 0.4) is 0 Å². The molecular formula is C20H19FN4O3. The van der Waals surface area contributed by atoms with E-state index in [1.165, 1.54) is 12.1 Å². The summed E-state index contributed by atoms with van der Waals surface area (Å²) in [4.78, 5) is 12.4. The predicted molar refractivity (Wildman–Crippen MR) is 98.6 cm³/mol. The Morgan fingerprint density at radius 3 is 2.79 bits per heavy atom. The van der Waals surface area contributed by atoms with Gasteiger partial charge in [-0.3, -0.25) is 4.79 Å². The van der Waals surface area contributed by atoms with Gasteiger partial charge >= 0.3 is 0 Å². The van der Waals surface area contributed by atoms with Crippen LogP contribution in [0.2, 0.25) is 0 Å². The topological polar surface area (TPSA) is 78.3 Å². The van der Waals surface area contributed by atoms with Crippen LogP contribution in [-0.2, 0) is 6.54 Å². The molecule has 1 aliphatic heterocycles. The summed E-state index contributed by atoms with van der Waals surface area (Å²) >= 11 is 0. The number of ether oxygens (including phenoxy) is 2. The molecule has 1 aromatic heterocycles. The van der Waals surface area contributed by atoms with Crippen LogP contribution >= 0.6 is 0 Å². The number of benzene rings is 2. The molecule has 3 aromatic rings. The first-order chi connectivity index (χ1) is 13.6. The number of nitrogens with one attached hydrogen (secondary N) is 1. The first-order valence-corrected chi connectivity index (χ1v) is 8.98. The number of amides is 1. The van der Waals surface area contributed by atoms with Gasteiger partial charge in [0.1, 0.15) is 5.82 Å². The lowest BCUT2D eigenvalue weighted by atomic mass is 10.0. The van der Waals surface area contributed by atoms with Gasteiger partial charge < -0.3 is 14.8 Å². The summed E-state index contributed by atoms with van der Waals surface area (Å²) in [6.45, 7) is 2.54. The summed E-state index contributed by atoms with van der Waals surface area (Å²) < 4.78 is 25.4. The van der Waals surface area contributed by atoms with E-state index < -0.39 is 0 Å². The first-order valence-electron chi connectivity index (χ1n) is 8.98. The molecule has 1 N–H and O–H groups in total. The average molecular weight is 382 g/mol.